The molecule has 10 heteroatoms. The highest BCUT2D eigenvalue weighted by molar-refractivity contribution is 5.76. The third kappa shape index (κ3) is 6.50. The van der Waals surface area contributed by atoms with Crippen molar-refractivity contribution in [3.63, 3.8) is 0 Å². The van der Waals surface area contributed by atoms with Gasteiger partial charge in [-0.2, -0.15) is 0 Å². The van der Waals surface area contributed by atoms with E-state index in [0.29, 0.717) is 25.7 Å². The highest BCUT2D eigenvalue weighted by Gasteiger charge is 2.62. The molecule has 0 bridgehead atoms. The second-order valence-corrected chi connectivity index (χ2v) is 13.8. The second-order valence-electron chi connectivity index (χ2n) is 13.8. The summed E-state index contributed by atoms with van der Waals surface area (Å²) < 4.78 is 0. The fraction of sp³-hybridized carbons (Fsp3) is 0.857. The van der Waals surface area contributed by atoms with Crippen LogP contribution in [0.25, 0.3) is 0 Å². The molecule has 218 valence electrons. The highest BCUT2D eigenvalue weighted by atomic mass is 16.7. The van der Waals surface area contributed by atoms with Crippen molar-refractivity contribution in [3.8, 4) is 0 Å². The largest absolute Gasteiger partial charge is 0.481 e. The minimum atomic E-state index is -1.23. The maximum absolute atomic E-state index is 13.5. The Hall–Kier alpha value is -2.20. The second kappa shape index (κ2) is 10.8. The number of nitrogens with zero attached hydrogens (tertiary/aromatic N) is 2. The molecule has 0 atom stereocenters. The lowest BCUT2D eigenvalue weighted by Crippen LogP contribution is -2.67. The van der Waals surface area contributed by atoms with E-state index in [1.165, 1.54) is 13.8 Å². The van der Waals surface area contributed by atoms with Crippen LogP contribution in [0.4, 0.5) is 0 Å². The number of rotatable bonds is 9. The molecule has 0 aliphatic carbocycles. The summed E-state index contributed by atoms with van der Waals surface area (Å²) in [5.74, 6) is -3.39. The van der Waals surface area contributed by atoms with E-state index in [9.17, 15) is 29.4 Å². The number of aliphatic carboxylic acids is 2. The molecule has 2 rings (SSSR count). The Morgan fingerprint density at radius 1 is 0.711 bits per heavy atom. The first-order valence-corrected chi connectivity index (χ1v) is 13.5. The van der Waals surface area contributed by atoms with Crippen molar-refractivity contribution in [1.29, 1.82) is 0 Å². The number of piperidine rings is 2. The van der Waals surface area contributed by atoms with Crippen LogP contribution in [-0.4, -0.2) is 66.4 Å². The first-order valence-electron chi connectivity index (χ1n) is 13.5. The van der Waals surface area contributed by atoms with Gasteiger partial charge in [-0.05, 0) is 106 Å². The zero-order valence-corrected chi connectivity index (χ0v) is 24.8. The van der Waals surface area contributed by atoms with Crippen molar-refractivity contribution in [2.45, 2.75) is 136 Å². The van der Waals surface area contributed by atoms with Gasteiger partial charge >= 0.3 is 23.9 Å². The first kappa shape index (κ1) is 32.0. The zero-order chi connectivity index (χ0) is 29.5. The molecule has 2 N–H and O–H groups in total. The Labute approximate surface area is 226 Å². The van der Waals surface area contributed by atoms with Crippen LogP contribution in [0.15, 0.2) is 0 Å². The molecule has 2 aliphatic heterocycles. The van der Waals surface area contributed by atoms with Gasteiger partial charge in [0.15, 0.2) is 0 Å². The SMILES string of the molecule is CC(=O)ON1C(C)(C)CC(C(CCCC(=O)O)(C(=O)O)C2CC(C)(C)N(OC(C)=O)C(C)(C)C2)CC1(C)C. The van der Waals surface area contributed by atoms with Crippen molar-refractivity contribution in [1.82, 2.24) is 10.1 Å². The summed E-state index contributed by atoms with van der Waals surface area (Å²) in [7, 11) is 0. The number of carbonyl (C=O) groups is 4. The Balaban J connectivity index is 2.65. The Kier molecular flexibility index (Phi) is 9.06. The topological polar surface area (TPSA) is 134 Å². The quantitative estimate of drug-likeness (QED) is 0.420. The number of hydrogen-bond donors (Lipinski definition) is 2. The Morgan fingerprint density at radius 2 is 1.03 bits per heavy atom. The van der Waals surface area contributed by atoms with Crippen LogP contribution >= 0.6 is 0 Å². The van der Waals surface area contributed by atoms with E-state index >= 15 is 0 Å². The predicted octanol–water partition coefficient (Wildman–Crippen LogP) is 4.81. The van der Waals surface area contributed by atoms with Gasteiger partial charge in [-0.1, -0.05) is 0 Å². The molecule has 2 fully saturated rings. The lowest BCUT2D eigenvalue weighted by Gasteiger charge is -2.60. The average molecular weight is 541 g/mol. The van der Waals surface area contributed by atoms with E-state index in [0.717, 1.165) is 0 Å². The molecular formula is C28H48N2O8. The van der Waals surface area contributed by atoms with E-state index in [1.54, 1.807) is 10.1 Å². The summed E-state index contributed by atoms with van der Waals surface area (Å²) in [6, 6.07) is 0. The van der Waals surface area contributed by atoms with E-state index in [1.807, 2.05) is 55.4 Å². The lowest BCUT2D eigenvalue weighted by molar-refractivity contribution is -0.289. The van der Waals surface area contributed by atoms with Crippen LogP contribution in [0.3, 0.4) is 0 Å². The molecule has 0 radical (unpaired) electrons. The van der Waals surface area contributed by atoms with Gasteiger partial charge in [0.05, 0.1) is 27.6 Å². The fourth-order valence-corrected chi connectivity index (χ4v) is 7.74. The van der Waals surface area contributed by atoms with Gasteiger partial charge in [0.2, 0.25) is 0 Å². The third-order valence-electron chi connectivity index (χ3n) is 8.46. The minimum absolute atomic E-state index is 0.118. The molecule has 0 unspecified atom stereocenters. The molecule has 0 aromatic rings. The lowest BCUT2D eigenvalue weighted by atomic mass is 9.52. The van der Waals surface area contributed by atoms with Gasteiger partial charge in [-0.15, -0.1) is 10.1 Å². The van der Waals surface area contributed by atoms with Crippen LogP contribution in [0, 0.1) is 17.3 Å². The Bertz CT molecular complexity index is 847. The monoisotopic (exact) mass is 540 g/mol. The molecule has 2 heterocycles. The number of hydrogen-bond acceptors (Lipinski definition) is 8. The smallest absolute Gasteiger partial charge is 0.322 e. The van der Waals surface area contributed by atoms with Gasteiger partial charge in [0.25, 0.3) is 0 Å². The van der Waals surface area contributed by atoms with Gasteiger partial charge in [-0.25, -0.2) is 0 Å². The minimum Gasteiger partial charge on any atom is -0.481 e. The summed E-state index contributed by atoms with van der Waals surface area (Å²) in [6.07, 6.45) is 2.14. The molecule has 0 aromatic heterocycles. The molecule has 0 spiro atoms. The molecule has 0 amide bonds. The van der Waals surface area contributed by atoms with Crippen LogP contribution in [0.5, 0.6) is 0 Å². The Morgan fingerprint density at radius 3 is 1.26 bits per heavy atom. The van der Waals surface area contributed by atoms with Crippen molar-refractivity contribution in [2.24, 2.45) is 17.3 Å². The summed E-state index contributed by atoms with van der Waals surface area (Å²) in [4.78, 5) is 60.1. The van der Waals surface area contributed by atoms with E-state index < -0.39 is 51.4 Å². The summed E-state index contributed by atoms with van der Waals surface area (Å²) in [5, 5.41) is 23.8. The summed E-state index contributed by atoms with van der Waals surface area (Å²) >= 11 is 0. The van der Waals surface area contributed by atoms with Crippen LogP contribution < -0.4 is 0 Å². The van der Waals surface area contributed by atoms with Gasteiger partial charge in [0.1, 0.15) is 0 Å². The van der Waals surface area contributed by atoms with Crippen molar-refractivity contribution >= 4 is 23.9 Å². The number of carboxylic acid groups (broad SMARTS) is 2. The van der Waals surface area contributed by atoms with Gasteiger partial charge < -0.3 is 19.9 Å². The number of carbonyl (C=O) groups excluding carboxylic acids is 2. The maximum atomic E-state index is 13.5. The van der Waals surface area contributed by atoms with Crippen molar-refractivity contribution < 1.29 is 39.1 Å². The molecule has 38 heavy (non-hydrogen) atoms. The highest BCUT2D eigenvalue weighted by Crippen LogP contribution is 2.58. The zero-order valence-electron chi connectivity index (χ0n) is 24.8. The van der Waals surface area contributed by atoms with Crippen molar-refractivity contribution in [3.05, 3.63) is 0 Å². The number of hydroxylamine groups is 4. The predicted molar refractivity (Wildman–Crippen MR) is 141 cm³/mol. The fourth-order valence-electron chi connectivity index (χ4n) is 7.74. The first-order chi connectivity index (χ1) is 17.1. The molecule has 0 aromatic carbocycles. The van der Waals surface area contributed by atoms with E-state index in [4.69, 9.17) is 9.68 Å². The normalized spacial score (nSPS) is 23.9. The van der Waals surface area contributed by atoms with Gasteiger partial charge in [0, 0.05) is 20.3 Å². The molecule has 10 nitrogen and oxygen atoms in total. The van der Waals surface area contributed by atoms with Crippen LogP contribution in [0.2, 0.25) is 0 Å². The van der Waals surface area contributed by atoms with Crippen molar-refractivity contribution in [2.75, 3.05) is 0 Å². The molecule has 0 saturated carbocycles. The van der Waals surface area contributed by atoms with Gasteiger partial charge in [-0.3, -0.25) is 19.2 Å². The number of carboxylic acids is 2. The average Bonchev–Trinajstić information content (AvgIpc) is 2.69. The molecule has 2 aliphatic rings. The van der Waals surface area contributed by atoms with Crippen LogP contribution in [-0.2, 0) is 28.9 Å². The maximum Gasteiger partial charge on any atom is 0.322 e. The third-order valence-corrected chi connectivity index (χ3v) is 8.46. The standard InChI is InChI=1S/C28H48N2O8/c1-18(31)37-29-24(3,4)14-20(15-25(29,5)6)28(23(35)36,13-11-12-22(33)34)21-16-26(7,8)30(38-19(2)32)27(9,10)17-21/h20-21H,11-17H2,1-10H3,(H,33,34)(H,35,36). The van der Waals surface area contributed by atoms with Crippen LogP contribution in [0.1, 0.15) is 114 Å². The van der Waals surface area contributed by atoms with E-state index in [2.05, 4.69) is 0 Å². The molecular weight excluding hydrogens is 492 g/mol. The summed E-state index contributed by atoms with van der Waals surface area (Å²) in [6.45, 7) is 18.3. The van der Waals surface area contributed by atoms with E-state index in [-0.39, 0.29) is 31.1 Å². The molecule has 2 saturated heterocycles. The summed E-state index contributed by atoms with van der Waals surface area (Å²) in [5.41, 5.74) is -3.86.